The van der Waals surface area contributed by atoms with E-state index in [9.17, 15) is 9.59 Å². The van der Waals surface area contributed by atoms with Crippen LogP contribution in [0, 0.1) is 5.92 Å². The molecular weight excluding hydrogens is 240 g/mol. The number of nitrogens with one attached hydrogen (secondary N) is 1. The lowest BCUT2D eigenvalue weighted by molar-refractivity contribution is -0.142. The molecule has 2 amide bonds. The smallest absolute Gasteiger partial charge is 0.233 e. The van der Waals surface area contributed by atoms with Crippen LogP contribution in [-0.4, -0.2) is 36.3 Å². The van der Waals surface area contributed by atoms with Gasteiger partial charge in [0.15, 0.2) is 0 Å². The number of nitrogens with zero attached hydrogens (tertiary/aromatic N) is 1. The van der Waals surface area contributed by atoms with Crippen LogP contribution in [0.1, 0.15) is 32.6 Å². The van der Waals surface area contributed by atoms with Gasteiger partial charge in [0, 0.05) is 6.04 Å². The summed E-state index contributed by atoms with van der Waals surface area (Å²) in [5.74, 6) is -0.123. The molecule has 1 fully saturated rings. The monoisotopic (exact) mass is 262 g/mol. The minimum atomic E-state index is -0.0767. The molecule has 1 aliphatic heterocycles. The van der Waals surface area contributed by atoms with Crippen LogP contribution in [-0.2, 0) is 9.59 Å². The van der Waals surface area contributed by atoms with E-state index in [0.717, 1.165) is 37.8 Å². The number of allylic oxidation sites excluding steroid dienone is 2. The van der Waals surface area contributed by atoms with Gasteiger partial charge in [0.05, 0.1) is 12.5 Å². The molecule has 0 aromatic heterocycles. The Morgan fingerprint density at radius 3 is 3.00 bits per heavy atom. The highest BCUT2D eigenvalue weighted by molar-refractivity contribution is 5.88. The standard InChI is InChI=1S/C15H22N2O2/c1-12-14(8-5-9-16-12)15(19)17(11-18)10-13-6-3-2-4-7-13/h3,6-7,11-12,14,16H,2,4-5,8-10H2,1H3. The first-order valence-electron chi connectivity index (χ1n) is 7.07. The summed E-state index contributed by atoms with van der Waals surface area (Å²) >= 11 is 0. The van der Waals surface area contributed by atoms with Crippen LogP contribution in [0.25, 0.3) is 0 Å². The van der Waals surface area contributed by atoms with Crippen molar-refractivity contribution in [3.63, 3.8) is 0 Å². The van der Waals surface area contributed by atoms with Gasteiger partial charge < -0.3 is 5.32 Å². The average Bonchev–Trinajstić information content (AvgIpc) is 2.46. The van der Waals surface area contributed by atoms with Gasteiger partial charge >= 0.3 is 0 Å². The number of amides is 2. The summed E-state index contributed by atoms with van der Waals surface area (Å²) in [5, 5.41) is 3.30. The molecule has 4 heteroatoms. The quantitative estimate of drug-likeness (QED) is 0.784. The molecular formula is C15H22N2O2. The van der Waals surface area contributed by atoms with E-state index in [1.807, 2.05) is 13.0 Å². The molecule has 0 aromatic carbocycles. The summed E-state index contributed by atoms with van der Waals surface area (Å²) in [6.45, 7) is 3.38. The summed E-state index contributed by atoms with van der Waals surface area (Å²) in [4.78, 5) is 24.9. The summed E-state index contributed by atoms with van der Waals surface area (Å²) in [6, 6.07) is 0.152. The molecule has 0 aromatic rings. The number of carbonyl (C=O) groups is 2. The van der Waals surface area contributed by atoms with Crippen LogP contribution in [0.15, 0.2) is 23.8 Å². The average molecular weight is 262 g/mol. The maximum Gasteiger partial charge on any atom is 0.233 e. The zero-order valence-electron chi connectivity index (χ0n) is 11.5. The largest absolute Gasteiger partial charge is 0.313 e. The first kappa shape index (κ1) is 14.0. The Kier molecular flexibility index (Phi) is 4.91. The highest BCUT2D eigenvalue weighted by atomic mass is 16.2. The third-order valence-corrected chi connectivity index (χ3v) is 3.91. The molecule has 0 saturated carbocycles. The van der Waals surface area contributed by atoms with Crippen molar-refractivity contribution >= 4 is 12.3 Å². The van der Waals surface area contributed by atoms with Crippen molar-refractivity contribution in [1.29, 1.82) is 0 Å². The maximum atomic E-state index is 12.4. The molecule has 104 valence electrons. The molecule has 1 saturated heterocycles. The van der Waals surface area contributed by atoms with E-state index < -0.39 is 0 Å². The van der Waals surface area contributed by atoms with E-state index in [-0.39, 0.29) is 17.9 Å². The fourth-order valence-corrected chi connectivity index (χ4v) is 2.74. The van der Waals surface area contributed by atoms with Crippen molar-refractivity contribution in [3.8, 4) is 0 Å². The van der Waals surface area contributed by atoms with E-state index in [1.54, 1.807) is 0 Å². The summed E-state index contributed by atoms with van der Waals surface area (Å²) < 4.78 is 0. The summed E-state index contributed by atoms with van der Waals surface area (Å²) in [7, 11) is 0. The van der Waals surface area contributed by atoms with Crippen LogP contribution in [0.3, 0.4) is 0 Å². The Bertz CT molecular complexity index is 401. The minimum Gasteiger partial charge on any atom is -0.313 e. The van der Waals surface area contributed by atoms with Crippen molar-refractivity contribution in [2.24, 2.45) is 5.92 Å². The lowest BCUT2D eigenvalue weighted by atomic mass is 9.90. The van der Waals surface area contributed by atoms with E-state index in [4.69, 9.17) is 0 Å². The van der Waals surface area contributed by atoms with E-state index in [1.165, 1.54) is 4.90 Å². The van der Waals surface area contributed by atoms with Gasteiger partial charge in [0.1, 0.15) is 0 Å². The highest BCUT2D eigenvalue weighted by Crippen LogP contribution is 2.20. The molecule has 19 heavy (non-hydrogen) atoms. The zero-order valence-corrected chi connectivity index (χ0v) is 11.5. The second-order valence-electron chi connectivity index (χ2n) is 5.32. The first-order chi connectivity index (χ1) is 9.22. The third kappa shape index (κ3) is 3.53. The SMILES string of the molecule is CC1NCCCC1C(=O)N(C=O)CC1=CCCC=C1. The van der Waals surface area contributed by atoms with Crippen molar-refractivity contribution in [3.05, 3.63) is 23.8 Å². The van der Waals surface area contributed by atoms with Gasteiger partial charge in [-0.3, -0.25) is 14.5 Å². The Morgan fingerprint density at radius 2 is 2.37 bits per heavy atom. The molecule has 2 rings (SSSR count). The summed E-state index contributed by atoms with van der Waals surface area (Å²) in [6.07, 6.45) is 10.8. The Labute approximate surface area is 114 Å². The molecule has 0 bridgehead atoms. The normalized spacial score (nSPS) is 26.7. The molecule has 1 heterocycles. The molecule has 1 aliphatic carbocycles. The second-order valence-corrected chi connectivity index (χ2v) is 5.32. The lowest BCUT2D eigenvalue weighted by Gasteiger charge is -2.31. The number of hydrogen-bond acceptors (Lipinski definition) is 3. The summed E-state index contributed by atoms with van der Waals surface area (Å²) in [5.41, 5.74) is 1.06. The van der Waals surface area contributed by atoms with Crippen molar-refractivity contribution in [1.82, 2.24) is 10.2 Å². The van der Waals surface area contributed by atoms with E-state index in [2.05, 4.69) is 17.5 Å². The fourth-order valence-electron chi connectivity index (χ4n) is 2.74. The molecule has 0 radical (unpaired) electrons. The van der Waals surface area contributed by atoms with Crippen LogP contribution in [0.4, 0.5) is 0 Å². The molecule has 4 nitrogen and oxygen atoms in total. The first-order valence-corrected chi connectivity index (χ1v) is 7.07. The van der Waals surface area contributed by atoms with Crippen LogP contribution >= 0.6 is 0 Å². The predicted octanol–water partition coefficient (Wildman–Crippen LogP) is 1.64. The lowest BCUT2D eigenvalue weighted by Crippen LogP contribution is -2.48. The highest BCUT2D eigenvalue weighted by Gasteiger charge is 2.31. The third-order valence-electron chi connectivity index (χ3n) is 3.91. The van der Waals surface area contributed by atoms with Crippen LogP contribution in [0.2, 0.25) is 0 Å². The Balaban J connectivity index is 2.00. The number of imide groups is 1. The number of carbonyl (C=O) groups excluding carboxylic acids is 2. The van der Waals surface area contributed by atoms with Gasteiger partial charge in [-0.2, -0.15) is 0 Å². The van der Waals surface area contributed by atoms with Gasteiger partial charge in [-0.25, -0.2) is 0 Å². The van der Waals surface area contributed by atoms with E-state index in [0.29, 0.717) is 13.0 Å². The van der Waals surface area contributed by atoms with Crippen molar-refractivity contribution in [2.45, 2.75) is 38.6 Å². The zero-order chi connectivity index (χ0) is 13.7. The van der Waals surface area contributed by atoms with Crippen molar-refractivity contribution in [2.75, 3.05) is 13.1 Å². The second kappa shape index (κ2) is 6.66. The van der Waals surface area contributed by atoms with Gasteiger partial charge in [-0.15, -0.1) is 0 Å². The Hall–Kier alpha value is -1.42. The minimum absolute atomic E-state index is 0.0467. The van der Waals surface area contributed by atoms with Gasteiger partial charge in [-0.1, -0.05) is 18.2 Å². The molecule has 2 unspecified atom stereocenters. The predicted molar refractivity (Wildman–Crippen MR) is 74.4 cm³/mol. The van der Waals surface area contributed by atoms with Gasteiger partial charge in [0.2, 0.25) is 12.3 Å². The molecule has 2 atom stereocenters. The van der Waals surface area contributed by atoms with E-state index >= 15 is 0 Å². The Morgan fingerprint density at radius 1 is 1.53 bits per heavy atom. The fraction of sp³-hybridized carbons (Fsp3) is 0.600. The number of piperidine rings is 1. The van der Waals surface area contributed by atoms with Gasteiger partial charge in [0.25, 0.3) is 0 Å². The van der Waals surface area contributed by atoms with Crippen LogP contribution in [0.5, 0.6) is 0 Å². The number of hydrogen-bond donors (Lipinski definition) is 1. The van der Waals surface area contributed by atoms with Gasteiger partial charge in [-0.05, 0) is 44.7 Å². The molecule has 1 N–H and O–H groups in total. The van der Waals surface area contributed by atoms with Crippen molar-refractivity contribution < 1.29 is 9.59 Å². The maximum absolute atomic E-state index is 12.4. The van der Waals surface area contributed by atoms with Crippen LogP contribution < -0.4 is 5.32 Å². The molecule has 2 aliphatic rings. The molecule has 0 spiro atoms. The topological polar surface area (TPSA) is 49.4 Å². The number of rotatable bonds is 4.